The molecule has 2 rings (SSSR count). The van der Waals surface area contributed by atoms with E-state index in [9.17, 15) is 4.79 Å². The number of thioether (sulfide) groups is 1. The Labute approximate surface area is 125 Å². The highest BCUT2D eigenvalue weighted by atomic mass is 35.5. The molecule has 0 radical (unpaired) electrons. The van der Waals surface area contributed by atoms with Gasteiger partial charge in [-0.15, -0.1) is 0 Å². The van der Waals surface area contributed by atoms with Gasteiger partial charge >= 0.3 is 0 Å². The molecule has 2 N–H and O–H groups in total. The van der Waals surface area contributed by atoms with Crippen LogP contribution in [0, 0.1) is 0 Å². The van der Waals surface area contributed by atoms with Crippen LogP contribution in [0.25, 0.3) is 0 Å². The zero-order valence-electron chi connectivity index (χ0n) is 10.7. The number of ether oxygens (including phenoxy) is 1. The van der Waals surface area contributed by atoms with Crippen molar-refractivity contribution in [1.82, 2.24) is 20.5 Å². The fraction of sp³-hybridized carbons (Fsp3) is 0.250. The first kappa shape index (κ1) is 14.7. The molecule has 0 aliphatic carbocycles. The average Bonchev–Trinajstić information content (AvgIpc) is 2.96. The van der Waals surface area contributed by atoms with Gasteiger partial charge in [-0.05, 0) is 18.2 Å². The summed E-state index contributed by atoms with van der Waals surface area (Å²) in [4.78, 5) is 16.0. The van der Waals surface area contributed by atoms with E-state index < -0.39 is 0 Å². The first-order valence-corrected chi connectivity index (χ1v) is 7.17. The first-order valence-electron chi connectivity index (χ1n) is 5.80. The van der Waals surface area contributed by atoms with E-state index in [4.69, 9.17) is 16.3 Å². The molecule has 2 aromatic rings. The second kappa shape index (κ2) is 7.16. The van der Waals surface area contributed by atoms with E-state index in [-0.39, 0.29) is 5.91 Å². The van der Waals surface area contributed by atoms with Gasteiger partial charge in [-0.25, -0.2) is 4.98 Å². The van der Waals surface area contributed by atoms with Gasteiger partial charge in [0, 0.05) is 17.3 Å². The van der Waals surface area contributed by atoms with Crippen LogP contribution in [-0.4, -0.2) is 40.5 Å². The predicted molar refractivity (Wildman–Crippen MR) is 77.4 cm³/mol. The third-order valence-electron chi connectivity index (χ3n) is 2.43. The van der Waals surface area contributed by atoms with Crippen LogP contribution >= 0.6 is 23.4 Å². The van der Waals surface area contributed by atoms with Crippen molar-refractivity contribution < 1.29 is 9.53 Å². The van der Waals surface area contributed by atoms with Crippen molar-refractivity contribution in [2.75, 3.05) is 19.4 Å². The molecule has 106 valence electrons. The molecule has 0 aliphatic heterocycles. The van der Waals surface area contributed by atoms with E-state index in [2.05, 4.69) is 20.5 Å². The minimum absolute atomic E-state index is 0.220. The lowest BCUT2D eigenvalue weighted by atomic mass is 10.2. The fourth-order valence-corrected chi connectivity index (χ4v) is 2.34. The summed E-state index contributed by atoms with van der Waals surface area (Å²) >= 11 is 7.36. The van der Waals surface area contributed by atoms with Crippen LogP contribution in [0.4, 0.5) is 0 Å². The molecule has 0 spiro atoms. The van der Waals surface area contributed by atoms with Gasteiger partial charge in [0.1, 0.15) is 12.1 Å². The van der Waals surface area contributed by atoms with Gasteiger partial charge in [-0.1, -0.05) is 23.4 Å². The zero-order valence-corrected chi connectivity index (χ0v) is 12.3. The standard InChI is InChI=1S/C12H13ClN4O2S/c1-19-10-3-2-8(13)6-9(10)11(18)14-4-5-20-12-15-7-16-17-12/h2-3,6-7H,4-5H2,1H3,(H,14,18)(H,15,16,17). The topological polar surface area (TPSA) is 79.9 Å². The molecule has 0 unspecified atom stereocenters. The summed E-state index contributed by atoms with van der Waals surface area (Å²) in [6.07, 6.45) is 1.44. The Morgan fingerprint density at radius 1 is 1.55 bits per heavy atom. The molecule has 1 heterocycles. The highest BCUT2D eigenvalue weighted by Crippen LogP contribution is 2.22. The van der Waals surface area contributed by atoms with Crippen LogP contribution in [-0.2, 0) is 0 Å². The molecule has 1 amide bonds. The summed E-state index contributed by atoms with van der Waals surface area (Å²) in [5.74, 6) is 0.960. The van der Waals surface area contributed by atoms with Gasteiger partial charge in [-0.3, -0.25) is 9.89 Å². The summed E-state index contributed by atoms with van der Waals surface area (Å²) in [5.41, 5.74) is 0.421. The van der Waals surface area contributed by atoms with Gasteiger partial charge in [0.2, 0.25) is 0 Å². The van der Waals surface area contributed by atoms with Crippen molar-refractivity contribution in [3.05, 3.63) is 35.1 Å². The normalized spacial score (nSPS) is 10.3. The number of hydrogen-bond donors (Lipinski definition) is 2. The van der Waals surface area contributed by atoms with Crippen molar-refractivity contribution in [3.63, 3.8) is 0 Å². The maximum Gasteiger partial charge on any atom is 0.255 e. The number of methoxy groups -OCH3 is 1. The van der Waals surface area contributed by atoms with Gasteiger partial charge in [0.15, 0.2) is 5.16 Å². The molecule has 0 aliphatic rings. The third kappa shape index (κ3) is 3.88. The maximum absolute atomic E-state index is 12.0. The van der Waals surface area contributed by atoms with E-state index in [1.807, 2.05) is 0 Å². The Balaban J connectivity index is 1.87. The van der Waals surface area contributed by atoms with E-state index in [0.717, 1.165) is 5.16 Å². The number of hydrogen-bond acceptors (Lipinski definition) is 5. The minimum Gasteiger partial charge on any atom is -0.496 e. The SMILES string of the molecule is COc1ccc(Cl)cc1C(=O)NCCSc1ncn[nH]1. The number of nitrogens with one attached hydrogen (secondary N) is 2. The molecule has 1 aromatic carbocycles. The molecule has 0 saturated heterocycles. The van der Waals surface area contributed by atoms with Crippen LogP contribution in [0.1, 0.15) is 10.4 Å². The lowest BCUT2D eigenvalue weighted by molar-refractivity contribution is 0.0953. The summed E-state index contributed by atoms with van der Waals surface area (Å²) in [5, 5.41) is 10.5. The van der Waals surface area contributed by atoms with Crippen molar-refractivity contribution in [2.45, 2.75) is 5.16 Å². The lowest BCUT2D eigenvalue weighted by Gasteiger charge is -2.09. The molecule has 8 heteroatoms. The number of carbonyl (C=O) groups excluding carboxylic acids is 1. The minimum atomic E-state index is -0.220. The second-order valence-corrected chi connectivity index (χ2v) is 5.26. The van der Waals surface area contributed by atoms with Crippen LogP contribution in [0.3, 0.4) is 0 Å². The number of amides is 1. The number of carbonyl (C=O) groups is 1. The van der Waals surface area contributed by atoms with E-state index in [1.165, 1.54) is 25.2 Å². The Morgan fingerprint density at radius 3 is 3.10 bits per heavy atom. The lowest BCUT2D eigenvalue weighted by Crippen LogP contribution is -2.26. The molecular weight excluding hydrogens is 300 g/mol. The fourth-order valence-electron chi connectivity index (χ4n) is 1.53. The van der Waals surface area contributed by atoms with E-state index in [1.54, 1.807) is 18.2 Å². The quantitative estimate of drug-likeness (QED) is 0.630. The molecule has 0 atom stereocenters. The van der Waals surface area contributed by atoms with Crippen LogP contribution in [0.5, 0.6) is 5.75 Å². The van der Waals surface area contributed by atoms with Crippen molar-refractivity contribution in [1.29, 1.82) is 0 Å². The van der Waals surface area contributed by atoms with Crippen LogP contribution in [0.15, 0.2) is 29.7 Å². The van der Waals surface area contributed by atoms with Crippen molar-refractivity contribution in [2.24, 2.45) is 0 Å². The maximum atomic E-state index is 12.0. The Morgan fingerprint density at radius 2 is 2.40 bits per heavy atom. The van der Waals surface area contributed by atoms with Gasteiger partial charge in [-0.2, -0.15) is 5.10 Å². The van der Waals surface area contributed by atoms with E-state index >= 15 is 0 Å². The molecule has 6 nitrogen and oxygen atoms in total. The second-order valence-electron chi connectivity index (χ2n) is 3.74. The van der Waals surface area contributed by atoms with Crippen molar-refractivity contribution in [3.8, 4) is 5.75 Å². The predicted octanol–water partition coefficient (Wildman–Crippen LogP) is 1.99. The monoisotopic (exact) mass is 312 g/mol. The Hall–Kier alpha value is -1.73. The Kier molecular flexibility index (Phi) is 5.25. The smallest absolute Gasteiger partial charge is 0.255 e. The van der Waals surface area contributed by atoms with Gasteiger partial charge in [0.25, 0.3) is 5.91 Å². The highest BCUT2D eigenvalue weighted by Gasteiger charge is 2.12. The number of aromatic amines is 1. The summed E-state index contributed by atoms with van der Waals surface area (Å²) in [6.45, 7) is 0.500. The zero-order chi connectivity index (χ0) is 14.4. The number of halogens is 1. The first-order chi connectivity index (χ1) is 9.70. The summed E-state index contributed by atoms with van der Waals surface area (Å²) in [6, 6.07) is 4.93. The number of rotatable bonds is 6. The van der Waals surface area contributed by atoms with Crippen LogP contribution in [0.2, 0.25) is 5.02 Å². The number of nitrogens with zero attached hydrogens (tertiary/aromatic N) is 2. The largest absolute Gasteiger partial charge is 0.496 e. The van der Waals surface area contributed by atoms with Crippen molar-refractivity contribution >= 4 is 29.3 Å². The van der Waals surface area contributed by atoms with E-state index in [0.29, 0.717) is 28.6 Å². The van der Waals surface area contributed by atoms with Gasteiger partial charge < -0.3 is 10.1 Å². The number of aromatic nitrogens is 3. The third-order valence-corrected chi connectivity index (χ3v) is 3.54. The van der Waals surface area contributed by atoms with Gasteiger partial charge in [0.05, 0.1) is 12.7 Å². The number of H-pyrrole nitrogens is 1. The summed E-state index contributed by atoms with van der Waals surface area (Å²) in [7, 11) is 1.51. The molecule has 0 fully saturated rings. The molecule has 0 bridgehead atoms. The molecular formula is C12H13ClN4O2S. The highest BCUT2D eigenvalue weighted by molar-refractivity contribution is 7.99. The molecule has 20 heavy (non-hydrogen) atoms. The molecule has 1 aromatic heterocycles. The Bertz CT molecular complexity index is 577. The summed E-state index contributed by atoms with van der Waals surface area (Å²) < 4.78 is 5.14. The average molecular weight is 313 g/mol. The molecule has 0 saturated carbocycles. The van der Waals surface area contributed by atoms with Crippen LogP contribution < -0.4 is 10.1 Å². The number of benzene rings is 1.